The van der Waals surface area contributed by atoms with Crippen LogP contribution in [0.15, 0.2) is 36.7 Å². The standard InChI is InChI=1S/C11H14N2/c12-11(9-3-1-2-4-9)10-5-7-13-8-6-10/h1-2,5-9,11H,3-4,12H2. The van der Waals surface area contributed by atoms with Crippen molar-refractivity contribution in [2.75, 3.05) is 0 Å². The van der Waals surface area contributed by atoms with Crippen LogP contribution in [0, 0.1) is 5.92 Å². The highest BCUT2D eigenvalue weighted by Crippen LogP contribution is 2.29. The van der Waals surface area contributed by atoms with Crippen LogP contribution in [0.3, 0.4) is 0 Å². The normalized spacial score (nSPS) is 19.2. The molecule has 0 aliphatic heterocycles. The summed E-state index contributed by atoms with van der Waals surface area (Å²) in [5.41, 5.74) is 7.33. The molecule has 0 amide bonds. The topological polar surface area (TPSA) is 38.9 Å². The van der Waals surface area contributed by atoms with Gasteiger partial charge in [-0.3, -0.25) is 4.98 Å². The molecule has 0 radical (unpaired) electrons. The van der Waals surface area contributed by atoms with Crippen molar-refractivity contribution in [3.63, 3.8) is 0 Å². The predicted molar refractivity (Wildman–Crippen MR) is 53.0 cm³/mol. The second-order valence-electron chi connectivity index (χ2n) is 3.51. The number of allylic oxidation sites excluding steroid dienone is 2. The highest BCUT2D eigenvalue weighted by Gasteiger charge is 2.19. The van der Waals surface area contributed by atoms with Crippen molar-refractivity contribution in [1.82, 2.24) is 4.98 Å². The molecule has 2 nitrogen and oxygen atoms in total. The van der Waals surface area contributed by atoms with Crippen LogP contribution < -0.4 is 5.73 Å². The molecule has 1 heterocycles. The van der Waals surface area contributed by atoms with Crippen molar-refractivity contribution in [3.05, 3.63) is 42.2 Å². The molecule has 2 heteroatoms. The zero-order valence-corrected chi connectivity index (χ0v) is 7.56. The molecule has 1 aliphatic carbocycles. The fourth-order valence-corrected chi connectivity index (χ4v) is 1.79. The van der Waals surface area contributed by atoms with Crippen LogP contribution in [0.4, 0.5) is 0 Å². The molecular formula is C11H14N2. The predicted octanol–water partition coefficient (Wildman–Crippen LogP) is 2.05. The SMILES string of the molecule is NC(c1ccncc1)C1CC=CC1. The number of nitrogens with zero attached hydrogens (tertiary/aromatic N) is 1. The third-order valence-corrected chi connectivity index (χ3v) is 2.64. The summed E-state index contributed by atoms with van der Waals surface area (Å²) in [6.07, 6.45) is 10.3. The molecule has 0 spiro atoms. The molecule has 13 heavy (non-hydrogen) atoms. The molecular weight excluding hydrogens is 160 g/mol. The molecule has 68 valence electrons. The first-order valence-corrected chi connectivity index (χ1v) is 4.68. The van der Waals surface area contributed by atoms with Crippen LogP contribution in [0.1, 0.15) is 24.4 Å². The number of pyridine rings is 1. The maximum Gasteiger partial charge on any atom is 0.0330 e. The molecule has 0 saturated heterocycles. The largest absolute Gasteiger partial charge is 0.324 e. The van der Waals surface area contributed by atoms with E-state index >= 15 is 0 Å². The van der Waals surface area contributed by atoms with Gasteiger partial charge < -0.3 is 5.73 Å². The van der Waals surface area contributed by atoms with Gasteiger partial charge >= 0.3 is 0 Å². The van der Waals surface area contributed by atoms with Gasteiger partial charge in [-0.25, -0.2) is 0 Å². The lowest BCUT2D eigenvalue weighted by molar-refractivity contribution is 0.459. The lowest BCUT2D eigenvalue weighted by atomic mass is 9.93. The van der Waals surface area contributed by atoms with E-state index in [-0.39, 0.29) is 6.04 Å². The Morgan fingerprint density at radius 3 is 2.46 bits per heavy atom. The monoisotopic (exact) mass is 174 g/mol. The van der Waals surface area contributed by atoms with Crippen molar-refractivity contribution in [2.24, 2.45) is 11.7 Å². The molecule has 1 unspecified atom stereocenters. The fraction of sp³-hybridized carbons (Fsp3) is 0.364. The van der Waals surface area contributed by atoms with E-state index in [1.807, 2.05) is 12.1 Å². The average molecular weight is 174 g/mol. The Bertz CT molecular complexity index is 284. The third-order valence-electron chi connectivity index (χ3n) is 2.64. The van der Waals surface area contributed by atoms with Crippen LogP contribution in [-0.4, -0.2) is 4.98 Å². The van der Waals surface area contributed by atoms with Gasteiger partial charge in [0.15, 0.2) is 0 Å². The quantitative estimate of drug-likeness (QED) is 0.697. The van der Waals surface area contributed by atoms with E-state index in [2.05, 4.69) is 17.1 Å². The Morgan fingerprint density at radius 1 is 1.23 bits per heavy atom. The van der Waals surface area contributed by atoms with E-state index in [1.165, 1.54) is 5.56 Å². The van der Waals surface area contributed by atoms with Gasteiger partial charge in [0, 0.05) is 18.4 Å². The molecule has 1 aromatic heterocycles. The second-order valence-corrected chi connectivity index (χ2v) is 3.51. The molecule has 1 aromatic rings. The zero-order chi connectivity index (χ0) is 9.10. The first kappa shape index (κ1) is 8.45. The number of hydrogen-bond donors (Lipinski definition) is 1. The maximum atomic E-state index is 6.13. The van der Waals surface area contributed by atoms with Crippen molar-refractivity contribution in [2.45, 2.75) is 18.9 Å². The summed E-state index contributed by atoms with van der Waals surface area (Å²) in [7, 11) is 0. The number of hydrogen-bond acceptors (Lipinski definition) is 2. The Morgan fingerprint density at radius 2 is 1.85 bits per heavy atom. The van der Waals surface area contributed by atoms with Crippen molar-refractivity contribution >= 4 is 0 Å². The summed E-state index contributed by atoms with van der Waals surface area (Å²) >= 11 is 0. The van der Waals surface area contributed by atoms with Crippen LogP contribution in [0.25, 0.3) is 0 Å². The van der Waals surface area contributed by atoms with E-state index < -0.39 is 0 Å². The van der Waals surface area contributed by atoms with E-state index in [1.54, 1.807) is 12.4 Å². The molecule has 2 N–H and O–H groups in total. The number of nitrogens with two attached hydrogens (primary N) is 1. The van der Waals surface area contributed by atoms with E-state index in [9.17, 15) is 0 Å². The van der Waals surface area contributed by atoms with Gasteiger partial charge in [0.25, 0.3) is 0 Å². The Labute approximate surface area is 78.5 Å². The van der Waals surface area contributed by atoms with Gasteiger partial charge in [0.2, 0.25) is 0 Å². The lowest BCUT2D eigenvalue weighted by Gasteiger charge is -2.18. The second kappa shape index (κ2) is 3.71. The summed E-state index contributed by atoms with van der Waals surface area (Å²) in [5.74, 6) is 0.586. The highest BCUT2D eigenvalue weighted by molar-refractivity contribution is 5.17. The molecule has 0 bridgehead atoms. The minimum atomic E-state index is 0.165. The number of aromatic nitrogens is 1. The maximum absolute atomic E-state index is 6.13. The van der Waals surface area contributed by atoms with Crippen molar-refractivity contribution in [3.8, 4) is 0 Å². The van der Waals surface area contributed by atoms with Crippen LogP contribution in [0.2, 0.25) is 0 Å². The smallest absolute Gasteiger partial charge is 0.0330 e. The van der Waals surface area contributed by atoms with E-state index in [0.29, 0.717) is 5.92 Å². The van der Waals surface area contributed by atoms with Gasteiger partial charge in [0.05, 0.1) is 0 Å². The van der Waals surface area contributed by atoms with Crippen LogP contribution >= 0.6 is 0 Å². The first-order valence-electron chi connectivity index (χ1n) is 4.68. The Hall–Kier alpha value is -1.15. The minimum absolute atomic E-state index is 0.165. The number of rotatable bonds is 2. The van der Waals surface area contributed by atoms with Crippen molar-refractivity contribution in [1.29, 1.82) is 0 Å². The Kier molecular flexibility index (Phi) is 2.41. The molecule has 0 fully saturated rings. The third kappa shape index (κ3) is 1.78. The van der Waals surface area contributed by atoms with E-state index in [4.69, 9.17) is 5.73 Å². The minimum Gasteiger partial charge on any atom is -0.324 e. The van der Waals surface area contributed by atoms with Gasteiger partial charge in [0.1, 0.15) is 0 Å². The van der Waals surface area contributed by atoms with Crippen LogP contribution in [-0.2, 0) is 0 Å². The highest BCUT2D eigenvalue weighted by atomic mass is 14.7. The molecule has 1 aliphatic rings. The first-order chi connectivity index (χ1) is 6.38. The van der Waals surface area contributed by atoms with Crippen LogP contribution in [0.5, 0.6) is 0 Å². The summed E-state index contributed by atoms with van der Waals surface area (Å²) in [4.78, 5) is 3.98. The van der Waals surface area contributed by atoms with Gasteiger partial charge in [-0.05, 0) is 36.5 Å². The van der Waals surface area contributed by atoms with Gasteiger partial charge in [-0.1, -0.05) is 12.2 Å². The average Bonchev–Trinajstić information content (AvgIpc) is 2.71. The molecule has 1 atom stereocenters. The summed E-state index contributed by atoms with van der Waals surface area (Å²) in [6.45, 7) is 0. The van der Waals surface area contributed by atoms with Gasteiger partial charge in [-0.2, -0.15) is 0 Å². The van der Waals surface area contributed by atoms with Gasteiger partial charge in [-0.15, -0.1) is 0 Å². The summed E-state index contributed by atoms with van der Waals surface area (Å²) in [5, 5.41) is 0. The zero-order valence-electron chi connectivity index (χ0n) is 7.56. The van der Waals surface area contributed by atoms with Crippen molar-refractivity contribution < 1.29 is 0 Å². The Balaban J connectivity index is 2.09. The molecule has 0 aromatic carbocycles. The molecule has 2 rings (SSSR count). The summed E-state index contributed by atoms with van der Waals surface area (Å²) < 4.78 is 0. The fourth-order valence-electron chi connectivity index (χ4n) is 1.79. The summed E-state index contributed by atoms with van der Waals surface area (Å²) in [6, 6.07) is 4.17. The van der Waals surface area contributed by atoms with E-state index in [0.717, 1.165) is 12.8 Å². The molecule has 0 saturated carbocycles. The lowest BCUT2D eigenvalue weighted by Crippen LogP contribution is -2.19.